The van der Waals surface area contributed by atoms with Crippen LogP contribution in [0.15, 0.2) is 24.3 Å². The van der Waals surface area contributed by atoms with Crippen molar-refractivity contribution in [3.05, 3.63) is 35.4 Å². The lowest BCUT2D eigenvalue weighted by atomic mass is 10.0. The molecule has 0 aliphatic carbocycles. The molecule has 19 heavy (non-hydrogen) atoms. The lowest BCUT2D eigenvalue weighted by molar-refractivity contribution is -0.120. The molecule has 0 fully saturated rings. The number of ether oxygens (including phenoxy) is 1. The summed E-state index contributed by atoms with van der Waals surface area (Å²) in [6.45, 7) is 5.82. The smallest absolute Gasteiger partial charge is 0.233 e. The van der Waals surface area contributed by atoms with E-state index in [2.05, 4.69) is 36.6 Å². The van der Waals surface area contributed by atoms with Crippen molar-refractivity contribution in [1.82, 2.24) is 10.6 Å². The van der Waals surface area contributed by atoms with Crippen LogP contribution >= 0.6 is 0 Å². The molecule has 0 bridgehead atoms. The molecule has 0 spiro atoms. The lowest BCUT2D eigenvalue weighted by Gasteiger charge is -2.16. The number of hydrogen-bond donors (Lipinski definition) is 2. The van der Waals surface area contributed by atoms with Crippen molar-refractivity contribution in [1.29, 1.82) is 0 Å². The van der Waals surface area contributed by atoms with Gasteiger partial charge in [-0.2, -0.15) is 0 Å². The van der Waals surface area contributed by atoms with Gasteiger partial charge in [0.25, 0.3) is 0 Å². The number of carbonyl (C=O) groups is 1. The Bertz CT molecular complexity index is 393. The summed E-state index contributed by atoms with van der Waals surface area (Å²) in [7, 11) is 1.66. The fourth-order valence-electron chi connectivity index (χ4n) is 1.94. The Hall–Kier alpha value is -1.39. The summed E-state index contributed by atoms with van der Waals surface area (Å²) in [4.78, 5) is 11.6. The molecular weight excluding hydrogens is 240 g/mol. The van der Waals surface area contributed by atoms with E-state index in [0.29, 0.717) is 19.7 Å². The highest BCUT2D eigenvalue weighted by Gasteiger charge is 2.08. The fourth-order valence-corrected chi connectivity index (χ4v) is 1.94. The average molecular weight is 264 g/mol. The highest BCUT2D eigenvalue weighted by atomic mass is 16.5. The highest BCUT2D eigenvalue weighted by molar-refractivity contribution is 5.78. The summed E-state index contributed by atoms with van der Waals surface area (Å²) >= 11 is 0. The first-order valence-electron chi connectivity index (χ1n) is 6.69. The van der Waals surface area contributed by atoms with Crippen molar-refractivity contribution < 1.29 is 9.53 Å². The van der Waals surface area contributed by atoms with Crippen LogP contribution in [0.5, 0.6) is 0 Å². The number of amides is 1. The first-order chi connectivity index (χ1) is 9.15. The van der Waals surface area contributed by atoms with Gasteiger partial charge >= 0.3 is 0 Å². The van der Waals surface area contributed by atoms with Crippen LogP contribution in [-0.4, -0.2) is 32.7 Å². The zero-order valence-corrected chi connectivity index (χ0v) is 12.0. The molecule has 4 nitrogen and oxygen atoms in total. The van der Waals surface area contributed by atoms with E-state index in [-0.39, 0.29) is 11.9 Å². The molecule has 4 heteroatoms. The van der Waals surface area contributed by atoms with E-state index in [1.165, 1.54) is 11.1 Å². The predicted octanol–water partition coefficient (Wildman–Crippen LogP) is 1.80. The summed E-state index contributed by atoms with van der Waals surface area (Å²) in [5, 5.41) is 6.09. The molecule has 0 heterocycles. The largest absolute Gasteiger partial charge is 0.385 e. The molecule has 2 N–H and O–H groups in total. The van der Waals surface area contributed by atoms with E-state index in [4.69, 9.17) is 4.74 Å². The summed E-state index contributed by atoms with van der Waals surface area (Å²) in [5.74, 6) is 0.0246. The quantitative estimate of drug-likeness (QED) is 0.704. The van der Waals surface area contributed by atoms with Gasteiger partial charge in [0.2, 0.25) is 5.91 Å². The Balaban J connectivity index is 2.28. The van der Waals surface area contributed by atoms with Gasteiger partial charge in [-0.1, -0.05) is 24.3 Å². The minimum Gasteiger partial charge on any atom is -0.385 e. The Kier molecular flexibility index (Phi) is 7.15. The van der Waals surface area contributed by atoms with Gasteiger partial charge in [-0.05, 0) is 31.4 Å². The number of hydrogen-bond acceptors (Lipinski definition) is 3. The van der Waals surface area contributed by atoms with Crippen molar-refractivity contribution in [2.75, 3.05) is 26.8 Å². The predicted molar refractivity (Wildman–Crippen MR) is 77.1 cm³/mol. The zero-order valence-electron chi connectivity index (χ0n) is 12.0. The molecule has 0 aliphatic heterocycles. The van der Waals surface area contributed by atoms with Crippen LogP contribution in [0.3, 0.4) is 0 Å². The van der Waals surface area contributed by atoms with Gasteiger partial charge in [0.15, 0.2) is 0 Å². The minimum atomic E-state index is 0.0246. The van der Waals surface area contributed by atoms with Crippen LogP contribution in [0, 0.1) is 6.92 Å². The summed E-state index contributed by atoms with van der Waals surface area (Å²) in [6.07, 6.45) is 0.843. The molecule has 106 valence electrons. The third-order valence-electron chi connectivity index (χ3n) is 3.07. The maximum atomic E-state index is 11.6. The average Bonchev–Trinajstić information content (AvgIpc) is 2.41. The first-order valence-corrected chi connectivity index (χ1v) is 6.69. The molecule has 0 radical (unpaired) electrons. The van der Waals surface area contributed by atoms with Crippen molar-refractivity contribution in [2.24, 2.45) is 0 Å². The molecule has 0 saturated heterocycles. The normalized spacial score (nSPS) is 12.2. The maximum Gasteiger partial charge on any atom is 0.233 e. The van der Waals surface area contributed by atoms with Crippen LogP contribution in [0.4, 0.5) is 0 Å². The Morgan fingerprint density at radius 2 is 2.11 bits per heavy atom. The van der Waals surface area contributed by atoms with Crippen molar-refractivity contribution >= 4 is 5.91 Å². The molecule has 1 aromatic rings. The van der Waals surface area contributed by atoms with Crippen molar-refractivity contribution in [3.8, 4) is 0 Å². The number of aryl methyl sites for hydroxylation is 1. The van der Waals surface area contributed by atoms with Crippen LogP contribution in [0.2, 0.25) is 0 Å². The second kappa shape index (κ2) is 8.67. The van der Waals surface area contributed by atoms with Crippen molar-refractivity contribution in [3.63, 3.8) is 0 Å². The number of carbonyl (C=O) groups excluding carboxylic acids is 1. The molecule has 1 atom stereocenters. The minimum absolute atomic E-state index is 0.0246. The van der Waals surface area contributed by atoms with Crippen LogP contribution in [0.25, 0.3) is 0 Å². The van der Waals surface area contributed by atoms with Gasteiger partial charge in [0.05, 0.1) is 6.54 Å². The van der Waals surface area contributed by atoms with Gasteiger partial charge in [0, 0.05) is 26.3 Å². The third kappa shape index (κ3) is 5.85. The molecule has 1 aromatic carbocycles. The first kappa shape index (κ1) is 15.7. The second-order valence-corrected chi connectivity index (χ2v) is 4.66. The third-order valence-corrected chi connectivity index (χ3v) is 3.07. The molecule has 0 saturated carbocycles. The SMILES string of the molecule is COCCCNC(=O)CNC(C)c1ccccc1C. The van der Waals surface area contributed by atoms with Gasteiger partial charge in [-0.15, -0.1) is 0 Å². The monoisotopic (exact) mass is 264 g/mol. The molecule has 0 aliphatic rings. The molecular formula is C15H24N2O2. The molecule has 1 unspecified atom stereocenters. The van der Waals surface area contributed by atoms with E-state index in [0.717, 1.165) is 6.42 Å². The highest BCUT2D eigenvalue weighted by Crippen LogP contribution is 2.15. The zero-order chi connectivity index (χ0) is 14.1. The number of nitrogens with one attached hydrogen (secondary N) is 2. The second-order valence-electron chi connectivity index (χ2n) is 4.66. The van der Waals surface area contributed by atoms with E-state index in [9.17, 15) is 4.79 Å². The number of methoxy groups -OCH3 is 1. The molecule has 0 aromatic heterocycles. The van der Waals surface area contributed by atoms with Gasteiger partial charge in [-0.3, -0.25) is 4.79 Å². The number of benzene rings is 1. The Morgan fingerprint density at radius 1 is 1.37 bits per heavy atom. The maximum absolute atomic E-state index is 11.6. The van der Waals surface area contributed by atoms with Crippen LogP contribution in [-0.2, 0) is 9.53 Å². The Labute approximate surface area is 115 Å². The van der Waals surface area contributed by atoms with E-state index >= 15 is 0 Å². The van der Waals surface area contributed by atoms with Crippen LogP contribution < -0.4 is 10.6 Å². The molecule has 1 rings (SSSR count). The summed E-state index contributed by atoms with van der Waals surface area (Å²) in [6, 6.07) is 8.38. The van der Waals surface area contributed by atoms with Crippen molar-refractivity contribution in [2.45, 2.75) is 26.3 Å². The van der Waals surface area contributed by atoms with E-state index in [1.807, 2.05) is 12.1 Å². The van der Waals surface area contributed by atoms with Crippen LogP contribution in [0.1, 0.15) is 30.5 Å². The van der Waals surface area contributed by atoms with Gasteiger partial charge < -0.3 is 15.4 Å². The standard InChI is InChI=1S/C15H24N2O2/c1-12-7-4-5-8-14(12)13(2)17-11-15(18)16-9-6-10-19-3/h4-5,7-8,13,17H,6,9-11H2,1-3H3,(H,16,18). The Morgan fingerprint density at radius 3 is 2.79 bits per heavy atom. The summed E-state index contributed by atoms with van der Waals surface area (Å²) in [5.41, 5.74) is 2.47. The van der Waals surface area contributed by atoms with E-state index < -0.39 is 0 Å². The lowest BCUT2D eigenvalue weighted by Crippen LogP contribution is -2.35. The van der Waals surface area contributed by atoms with E-state index in [1.54, 1.807) is 7.11 Å². The number of rotatable bonds is 8. The topological polar surface area (TPSA) is 50.4 Å². The van der Waals surface area contributed by atoms with Gasteiger partial charge in [0.1, 0.15) is 0 Å². The summed E-state index contributed by atoms with van der Waals surface area (Å²) < 4.78 is 4.93. The van der Waals surface area contributed by atoms with Gasteiger partial charge in [-0.25, -0.2) is 0 Å². The fraction of sp³-hybridized carbons (Fsp3) is 0.533. The molecule has 1 amide bonds.